The molecule has 0 aromatic heterocycles. The van der Waals surface area contributed by atoms with Crippen LogP contribution in [0, 0.1) is 0 Å². The molecule has 1 aliphatic rings. The molecule has 3 nitrogen and oxygen atoms in total. The zero-order valence-corrected chi connectivity index (χ0v) is 27.8. The maximum Gasteiger partial charge on any atom is 0.0451 e. The van der Waals surface area contributed by atoms with Gasteiger partial charge in [-0.1, -0.05) is 77.5 Å². The highest BCUT2D eigenvalue weighted by Crippen LogP contribution is 2.48. The Morgan fingerprint density at radius 3 is 2.36 bits per heavy atom. The van der Waals surface area contributed by atoms with Gasteiger partial charge >= 0.3 is 0 Å². The molecule has 4 heteroatoms. The van der Waals surface area contributed by atoms with Gasteiger partial charge in [0.25, 0.3) is 0 Å². The number of anilines is 2. The average Bonchev–Trinajstić information content (AvgIpc) is 3.15. The maximum atomic E-state index is 5.76. The normalized spacial score (nSPS) is 15.9. The van der Waals surface area contributed by atoms with E-state index in [1.165, 1.54) is 44.5 Å². The summed E-state index contributed by atoms with van der Waals surface area (Å²) in [5, 5.41) is 2.65. The van der Waals surface area contributed by atoms with Crippen molar-refractivity contribution in [3.8, 4) is 0 Å². The Morgan fingerprint density at radius 1 is 0.905 bits per heavy atom. The maximum absolute atomic E-state index is 5.76. The summed E-state index contributed by atoms with van der Waals surface area (Å²) < 4.78 is 0. The Kier molecular flexibility index (Phi) is 10.3. The third-order valence-corrected chi connectivity index (χ3v) is 8.90. The summed E-state index contributed by atoms with van der Waals surface area (Å²) in [6, 6.07) is 18.2. The van der Waals surface area contributed by atoms with Crippen LogP contribution in [0.5, 0.6) is 0 Å². The molecular formula is C38H51N3S. The van der Waals surface area contributed by atoms with E-state index in [0.29, 0.717) is 0 Å². The van der Waals surface area contributed by atoms with Crippen LogP contribution in [0.15, 0.2) is 83.4 Å². The van der Waals surface area contributed by atoms with E-state index < -0.39 is 0 Å². The molecule has 3 aromatic rings. The minimum absolute atomic E-state index is 0.0582. The number of hydrogen-bond donors (Lipinski definition) is 2. The number of fused-ring (bicyclic) bond motifs is 2. The Balaban J connectivity index is 1.63. The van der Waals surface area contributed by atoms with Gasteiger partial charge in [-0.3, -0.25) is 0 Å². The first-order valence-electron chi connectivity index (χ1n) is 15.7. The van der Waals surface area contributed by atoms with E-state index in [-0.39, 0.29) is 10.8 Å². The fourth-order valence-electron chi connectivity index (χ4n) is 6.26. The summed E-state index contributed by atoms with van der Waals surface area (Å²) in [4.78, 5) is 5.93. The summed E-state index contributed by atoms with van der Waals surface area (Å²) >= 11 is 4.65. The van der Waals surface area contributed by atoms with Crippen LogP contribution < -0.4 is 15.5 Å². The van der Waals surface area contributed by atoms with E-state index >= 15 is 0 Å². The highest BCUT2D eigenvalue weighted by molar-refractivity contribution is 7.80. The Morgan fingerprint density at radius 2 is 1.67 bits per heavy atom. The number of rotatable bonds is 11. The fourth-order valence-corrected chi connectivity index (χ4v) is 6.46. The SMILES string of the molecule is CCN(CC)c1ccc2c(C(C)(C)C)cc(/C=C/C=C/C=C3/N(CCCCCN)c4ccc(S)cc4C3(C)C)cc2c1. The number of nitrogens with two attached hydrogens (primary N) is 1. The molecule has 0 spiro atoms. The van der Waals surface area contributed by atoms with Crippen LogP contribution >= 0.6 is 12.6 Å². The number of hydrogen-bond acceptors (Lipinski definition) is 4. The van der Waals surface area contributed by atoms with Gasteiger partial charge in [0.05, 0.1) is 0 Å². The van der Waals surface area contributed by atoms with Gasteiger partial charge in [0, 0.05) is 47.0 Å². The first kappa shape index (κ1) is 32.0. The van der Waals surface area contributed by atoms with Gasteiger partial charge in [0.15, 0.2) is 0 Å². The third kappa shape index (κ3) is 6.98. The predicted octanol–water partition coefficient (Wildman–Crippen LogP) is 9.65. The predicted molar refractivity (Wildman–Crippen MR) is 189 cm³/mol. The minimum Gasteiger partial charge on any atom is -0.372 e. The van der Waals surface area contributed by atoms with Gasteiger partial charge in [-0.15, -0.1) is 12.6 Å². The van der Waals surface area contributed by atoms with E-state index in [4.69, 9.17) is 5.73 Å². The molecule has 0 atom stereocenters. The van der Waals surface area contributed by atoms with E-state index in [0.717, 1.165) is 50.3 Å². The summed E-state index contributed by atoms with van der Waals surface area (Å²) in [5.74, 6) is 0. The number of nitrogens with zero attached hydrogens (tertiary/aromatic N) is 2. The third-order valence-electron chi connectivity index (χ3n) is 8.62. The summed E-state index contributed by atoms with van der Waals surface area (Å²) in [6.45, 7) is 19.8. The monoisotopic (exact) mass is 581 g/mol. The Hall–Kier alpha value is -2.95. The quantitative estimate of drug-likeness (QED) is 0.134. The van der Waals surface area contributed by atoms with Gasteiger partial charge in [-0.2, -0.15) is 0 Å². The standard InChI is InChI=1S/C38H51N3S/c1-8-40(9-2)30-18-20-32-29(26-30)24-28(25-33(32)37(3,4)5)16-12-10-13-17-36-38(6,7)34-27-31(42)19-21-35(34)41(36)23-15-11-14-22-39/h10,12-13,16-21,24-27,42H,8-9,11,14-15,22-23,39H2,1-7H3/b13-10+,16-12+,36-17+. The topological polar surface area (TPSA) is 32.5 Å². The molecule has 3 aromatic carbocycles. The number of thiol groups is 1. The van der Waals surface area contributed by atoms with Crippen molar-refractivity contribution in [3.05, 3.63) is 95.2 Å². The molecule has 0 radical (unpaired) electrons. The molecule has 0 fully saturated rings. The minimum atomic E-state index is -0.0848. The molecule has 0 amide bonds. The fraction of sp³-hybridized carbons (Fsp3) is 0.421. The molecule has 0 saturated heterocycles. The lowest BCUT2D eigenvalue weighted by molar-refractivity contribution is 0.596. The van der Waals surface area contributed by atoms with Crippen molar-refractivity contribution in [3.63, 3.8) is 0 Å². The van der Waals surface area contributed by atoms with Crippen LogP contribution in [0.4, 0.5) is 11.4 Å². The molecule has 0 unspecified atom stereocenters. The van der Waals surface area contributed by atoms with Crippen LogP contribution in [0.25, 0.3) is 16.8 Å². The highest BCUT2D eigenvalue weighted by Gasteiger charge is 2.39. The van der Waals surface area contributed by atoms with Crippen LogP contribution in [0.2, 0.25) is 0 Å². The van der Waals surface area contributed by atoms with E-state index in [1.807, 2.05) is 0 Å². The molecule has 224 valence electrons. The van der Waals surface area contributed by atoms with Crippen LogP contribution in [0.3, 0.4) is 0 Å². The average molecular weight is 582 g/mol. The molecule has 0 saturated carbocycles. The lowest BCUT2D eigenvalue weighted by Crippen LogP contribution is -2.27. The zero-order valence-electron chi connectivity index (χ0n) is 26.9. The van der Waals surface area contributed by atoms with Crippen molar-refractivity contribution in [2.24, 2.45) is 5.73 Å². The second-order valence-corrected chi connectivity index (χ2v) is 13.5. The van der Waals surface area contributed by atoms with Crippen molar-refractivity contribution in [2.75, 3.05) is 36.0 Å². The number of unbranched alkanes of at least 4 members (excludes halogenated alkanes) is 2. The van der Waals surface area contributed by atoms with Crippen LogP contribution in [-0.4, -0.2) is 26.2 Å². The van der Waals surface area contributed by atoms with Gasteiger partial charge in [0.1, 0.15) is 0 Å². The molecule has 1 heterocycles. The van der Waals surface area contributed by atoms with Crippen molar-refractivity contribution >= 4 is 40.9 Å². The molecule has 0 bridgehead atoms. The summed E-state index contributed by atoms with van der Waals surface area (Å²) in [5.41, 5.74) is 13.6. The second-order valence-electron chi connectivity index (χ2n) is 13.0. The van der Waals surface area contributed by atoms with Gasteiger partial charge < -0.3 is 15.5 Å². The molecule has 42 heavy (non-hydrogen) atoms. The Bertz CT molecular complexity index is 1470. The van der Waals surface area contributed by atoms with Crippen LogP contribution in [0.1, 0.15) is 84.4 Å². The molecule has 2 N–H and O–H groups in total. The smallest absolute Gasteiger partial charge is 0.0451 e. The van der Waals surface area contributed by atoms with E-state index in [1.54, 1.807) is 0 Å². The van der Waals surface area contributed by atoms with Crippen molar-refractivity contribution in [1.29, 1.82) is 0 Å². The molecular weight excluding hydrogens is 531 g/mol. The lowest BCUT2D eigenvalue weighted by Gasteiger charge is -2.27. The van der Waals surface area contributed by atoms with Gasteiger partial charge in [-0.25, -0.2) is 0 Å². The first-order chi connectivity index (χ1) is 20.0. The zero-order chi connectivity index (χ0) is 30.5. The first-order valence-corrected chi connectivity index (χ1v) is 16.2. The number of allylic oxidation sites excluding steroid dienone is 5. The van der Waals surface area contributed by atoms with Crippen molar-refractivity contribution in [1.82, 2.24) is 0 Å². The number of benzene rings is 3. The summed E-state index contributed by atoms with van der Waals surface area (Å²) in [7, 11) is 0. The molecule has 0 aliphatic carbocycles. The van der Waals surface area contributed by atoms with Crippen LogP contribution in [-0.2, 0) is 10.8 Å². The molecule has 1 aliphatic heterocycles. The summed E-state index contributed by atoms with van der Waals surface area (Å²) in [6.07, 6.45) is 14.4. The second kappa shape index (κ2) is 13.6. The van der Waals surface area contributed by atoms with E-state index in [9.17, 15) is 0 Å². The van der Waals surface area contributed by atoms with Crippen molar-refractivity contribution < 1.29 is 0 Å². The molecule has 4 rings (SSSR count). The van der Waals surface area contributed by atoms with Crippen molar-refractivity contribution in [2.45, 2.75) is 83.5 Å². The van der Waals surface area contributed by atoms with Gasteiger partial charge in [0.2, 0.25) is 0 Å². The van der Waals surface area contributed by atoms with E-state index in [2.05, 4.69) is 150 Å². The Labute approximate surface area is 260 Å². The van der Waals surface area contributed by atoms with Gasteiger partial charge in [-0.05, 0) is 109 Å². The highest BCUT2D eigenvalue weighted by atomic mass is 32.1. The largest absolute Gasteiger partial charge is 0.372 e. The lowest BCUT2D eigenvalue weighted by atomic mass is 9.82.